The van der Waals surface area contributed by atoms with Crippen molar-refractivity contribution in [1.82, 2.24) is 4.98 Å². The van der Waals surface area contributed by atoms with Crippen molar-refractivity contribution in [3.8, 4) is 0 Å². The third-order valence-corrected chi connectivity index (χ3v) is 3.74. The van der Waals surface area contributed by atoms with E-state index in [4.69, 9.17) is 10.5 Å². The molecule has 1 aromatic heterocycles. The molecule has 0 saturated carbocycles. The van der Waals surface area contributed by atoms with Gasteiger partial charge in [0.25, 0.3) is 0 Å². The van der Waals surface area contributed by atoms with Crippen LogP contribution in [-0.4, -0.2) is 36.7 Å². The van der Waals surface area contributed by atoms with Crippen molar-refractivity contribution in [3.05, 3.63) is 24.0 Å². The van der Waals surface area contributed by atoms with Crippen molar-refractivity contribution in [2.24, 2.45) is 5.73 Å². The second-order valence-corrected chi connectivity index (χ2v) is 4.97. The summed E-state index contributed by atoms with van der Waals surface area (Å²) in [6.07, 6.45) is 5.09. The Morgan fingerprint density at radius 3 is 3.05 bits per heavy atom. The minimum absolute atomic E-state index is 0.330. The minimum atomic E-state index is -0.407. The zero-order chi connectivity index (χ0) is 13.8. The Bertz CT molecular complexity index is 450. The number of rotatable bonds is 3. The molecule has 2 unspecified atom stereocenters. The van der Waals surface area contributed by atoms with Gasteiger partial charge in [-0.3, -0.25) is 0 Å². The molecule has 1 aliphatic rings. The highest BCUT2D eigenvalue weighted by atomic mass is 16.5. The Balaban J connectivity index is 2.30. The summed E-state index contributed by atoms with van der Waals surface area (Å²) in [6, 6.07) is 4.47. The largest absolute Gasteiger partial charge is 0.464 e. The van der Waals surface area contributed by atoms with Crippen LogP contribution in [0.1, 0.15) is 36.7 Å². The van der Waals surface area contributed by atoms with Gasteiger partial charge in [0.2, 0.25) is 0 Å². The first kappa shape index (κ1) is 13.8. The molecule has 0 aromatic carbocycles. The number of hydrogen-bond acceptors (Lipinski definition) is 5. The van der Waals surface area contributed by atoms with Gasteiger partial charge in [0.05, 0.1) is 7.11 Å². The zero-order valence-corrected chi connectivity index (χ0v) is 11.5. The lowest BCUT2D eigenvalue weighted by Crippen LogP contribution is -2.49. The SMILES string of the molecule is COC(=O)c1cc(N2C(C)CCCC2CN)ccn1. The van der Waals surface area contributed by atoms with Crippen LogP contribution in [0.5, 0.6) is 0 Å². The van der Waals surface area contributed by atoms with Crippen LogP contribution >= 0.6 is 0 Å². The summed E-state index contributed by atoms with van der Waals surface area (Å²) >= 11 is 0. The second-order valence-electron chi connectivity index (χ2n) is 4.97. The van der Waals surface area contributed by atoms with Gasteiger partial charge in [-0.15, -0.1) is 0 Å². The molecular formula is C14H21N3O2. The number of pyridine rings is 1. The van der Waals surface area contributed by atoms with E-state index in [1.165, 1.54) is 13.5 Å². The van der Waals surface area contributed by atoms with E-state index in [0.29, 0.717) is 24.3 Å². The maximum atomic E-state index is 11.6. The van der Waals surface area contributed by atoms with Crippen LogP contribution in [0.15, 0.2) is 18.3 Å². The molecule has 2 N–H and O–H groups in total. The van der Waals surface area contributed by atoms with Crippen LogP contribution in [0.4, 0.5) is 5.69 Å². The van der Waals surface area contributed by atoms with Crippen LogP contribution in [0.25, 0.3) is 0 Å². The fourth-order valence-corrected chi connectivity index (χ4v) is 2.78. The Kier molecular flexibility index (Phi) is 4.37. The van der Waals surface area contributed by atoms with Gasteiger partial charge in [-0.25, -0.2) is 9.78 Å². The van der Waals surface area contributed by atoms with E-state index >= 15 is 0 Å². The summed E-state index contributed by atoms with van der Waals surface area (Å²) in [5.74, 6) is -0.407. The Morgan fingerprint density at radius 2 is 2.37 bits per heavy atom. The first-order valence-corrected chi connectivity index (χ1v) is 6.70. The fraction of sp³-hybridized carbons (Fsp3) is 0.571. The first-order chi connectivity index (χ1) is 9.17. The third-order valence-electron chi connectivity index (χ3n) is 3.74. The van der Waals surface area contributed by atoms with E-state index in [1.54, 1.807) is 12.3 Å². The number of aromatic nitrogens is 1. The molecule has 0 amide bonds. The lowest BCUT2D eigenvalue weighted by Gasteiger charge is -2.42. The quantitative estimate of drug-likeness (QED) is 0.838. The summed E-state index contributed by atoms with van der Waals surface area (Å²) in [5.41, 5.74) is 7.21. The first-order valence-electron chi connectivity index (χ1n) is 6.70. The van der Waals surface area contributed by atoms with Crippen molar-refractivity contribution in [3.63, 3.8) is 0 Å². The third kappa shape index (κ3) is 2.87. The van der Waals surface area contributed by atoms with Gasteiger partial charge in [-0.2, -0.15) is 0 Å². The molecule has 19 heavy (non-hydrogen) atoms. The summed E-state index contributed by atoms with van der Waals surface area (Å²) in [5, 5.41) is 0. The lowest BCUT2D eigenvalue weighted by molar-refractivity contribution is 0.0594. The predicted molar refractivity (Wildman–Crippen MR) is 74.2 cm³/mol. The Labute approximate surface area is 113 Å². The normalized spacial score (nSPS) is 23.2. The number of piperidine rings is 1. The standard InChI is InChI=1S/C14H21N3O2/c1-10-4-3-5-12(9-15)17(10)11-6-7-16-13(8-11)14(18)19-2/h6-8,10,12H,3-5,9,15H2,1-2H3. The molecule has 2 heterocycles. The lowest BCUT2D eigenvalue weighted by atomic mass is 9.95. The molecule has 2 atom stereocenters. The van der Waals surface area contributed by atoms with Crippen LogP contribution in [0, 0.1) is 0 Å². The van der Waals surface area contributed by atoms with E-state index in [2.05, 4.69) is 16.8 Å². The molecule has 1 aromatic rings. The van der Waals surface area contributed by atoms with Crippen molar-refractivity contribution in [2.45, 2.75) is 38.3 Å². The fourth-order valence-electron chi connectivity index (χ4n) is 2.78. The molecule has 0 bridgehead atoms. The van der Waals surface area contributed by atoms with E-state index in [1.807, 2.05) is 6.07 Å². The van der Waals surface area contributed by atoms with E-state index in [0.717, 1.165) is 18.5 Å². The molecule has 0 aliphatic carbocycles. The number of nitrogens with zero attached hydrogens (tertiary/aromatic N) is 2. The number of methoxy groups -OCH3 is 1. The highest BCUT2D eigenvalue weighted by Gasteiger charge is 2.27. The Morgan fingerprint density at radius 1 is 1.58 bits per heavy atom. The predicted octanol–water partition coefficient (Wildman–Crippen LogP) is 1.57. The van der Waals surface area contributed by atoms with Crippen LogP contribution in [0.2, 0.25) is 0 Å². The number of nitrogens with two attached hydrogens (primary N) is 1. The number of anilines is 1. The molecule has 104 valence electrons. The van der Waals surface area contributed by atoms with Crippen LogP contribution < -0.4 is 10.6 Å². The van der Waals surface area contributed by atoms with Gasteiger partial charge < -0.3 is 15.4 Å². The van der Waals surface area contributed by atoms with Crippen molar-refractivity contribution < 1.29 is 9.53 Å². The molecule has 1 fully saturated rings. The van der Waals surface area contributed by atoms with E-state index in [-0.39, 0.29) is 0 Å². The maximum Gasteiger partial charge on any atom is 0.356 e. The molecule has 0 spiro atoms. The summed E-state index contributed by atoms with van der Waals surface area (Å²) in [7, 11) is 1.36. The minimum Gasteiger partial charge on any atom is -0.464 e. The Hall–Kier alpha value is -1.62. The van der Waals surface area contributed by atoms with Gasteiger partial charge in [0, 0.05) is 30.5 Å². The van der Waals surface area contributed by atoms with Crippen molar-refractivity contribution in [1.29, 1.82) is 0 Å². The second kappa shape index (κ2) is 6.02. The van der Waals surface area contributed by atoms with Gasteiger partial charge >= 0.3 is 5.97 Å². The number of esters is 1. The summed E-state index contributed by atoms with van der Waals surface area (Å²) in [4.78, 5) is 17.9. The van der Waals surface area contributed by atoms with Gasteiger partial charge in [0.1, 0.15) is 5.69 Å². The zero-order valence-electron chi connectivity index (χ0n) is 11.5. The van der Waals surface area contributed by atoms with Crippen molar-refractivity contribution >= 4 is 11.7 Å². The molecule has 0 radical (unpaired) electrons. The molecule has 5 nitrogen and oxygen atoms in total. The summed E-state index contributed by atoms with van der Waals surface area (Å²) < 4.78 is 4.71. The van der Waals surface area contributed by atoms with Crippen LogP contribution in [0.3, 0.4) is 0 Å². The average Bonchev–Trinajstić information content (AvgIpc) is 2.46. The smallest absolute Gasteiger partial charge is 0.356 e. The summed E-state index contributed by atoms with van der Waals surface area (Å²) in [6.45, 7) is 2.82. The number of hydrogen-bond donors (Lipinski definition) is 1. The number of ether oxygens (including phenoxy) is 1. The number of carbonyl (C=O) groups excluding carboxylic acids is 1. The highest BCUT2D eigenvalue weighted by molar-refractivity contribution is 5.88. The van der Waals surface area contributed by atoms with Crippen LogP contribution in [-0.2, 0) is 4.74 Å². The van der Waals surface area contributed by atoms with Gasteiger partial charge in [-0.05, 0) is 38.3 Å². The van der Waals surface area contributed by atoms with Gasteiger partial charge in [0.15, 0.2) is 0 Å². The molecule has 1 saturated heterocycles. The topological polar surface area (TPSA) is 68.5 Å². The van der Waals surface area contributed by atoms with Gasteiger partial charge in [-0.1, -0.05) is 0 Å². The monoisotopic (exact) mass is 263 g/mol. The average molecular weight is 263 g/mol. The molecule has 1 aliphatic heterocycles. The number of carbonyl (C=O) groups is 1. The molecular weight excluding hydrogens is 242 g/mol. The highest BCUT2D eigenvalue weighted by Crippen LogP contribution is 2.28. The van der Waals surface area contributed by atoms with E-state index < -0.39 is 5.97 Å². The maximum absolute atomic E-state index is 11.6. The molecule has 5 heteroatoms. The van der Waals surface area contributed by atoms with E-state index in [9.17, 15) is 4.79 Å². The molecule has 2 rings (SSSR count). The van der Waals surface area contributed by atoms with Crippen molar-refractivity contribution in [2.75, 3.05) is 18.6 Å².